The number of aliphatic hydroxyl groups is 3. The van der Waals surface area contributed by atoms with Crippen molar-refractivity contribution >= 4 is 11.9 Å². The molecular weight excluding hydrogens is 640 g/mol. The third-order valence-electron chi connectivity index (χ3n) is 9.07. The molecule has 0 aromatic rings. The standard InChI is InChI=1S/C44H78O7/c1-3-5-7-9-11-12-13-14-15-16-17-18-19-20-21-22-24-30-36-43(48)50-39-42(38-45)51-44(49)37-31-35-41(47)34-29-26-25-28-33-40(46)32-27-23-10-8-6-4-2/h23,25-29,33-34,40-42,45-47H,3-22,24,30-32,35-39H2,1-2H3/b26-25+,27-23-,33-28+,34-29-/t40-,41-,42-/m0/s1. The third kappa shape index (κ3) is 37.3. The summed E-state index contributed by atoms with van der Waals surface area (Å²) < 4.78 is 10.5. The number of carbonyl (C=O) groups excluding carboxylic acids is 2. The van der Waals surface area contributed by atoms with E-state index in [0.29, 0.717) is 25.7 Å². The van der Waals surface area contributed by atoms with E-state index in [2.05, 4.69) is 19.9 Å². The maximum absolute atomic E-state index is 12.2. The topological polar surface area (TPSA) is 113 Å². The van der Waals surface area contributed by atoms with E-state index in [1.165, 1.54) is 116 Å². The fourth-order valence-corrected chi connectivity index (χ4v) is 5.81. The minimum Gasteiger partial charge on any atom is -0.462 e. The van der Waals surface area contributed by atoms with Crippen LogP contribution in [0.3, 0.4) is 0 Å². The summed E-state index contributed by atoms with van der Waals surface area (Å²) in [4.78, 5) is 24.3. The predicted octanol–water partition coefficient (Wildman–Crippen LogP) is 11.0. The summed E-state index contributed by atoms with van der Waals surface area (Å²) >= 11 is 0. The Labute approximate surface area is 313 Å². The Kier molecular flexibility index (Phi) is 37.3. The number of hydrogen-bond donors (Lipinski definition) is 3. The van der Waals surface area contributed by atoms with Crippen LogP contribution in [0.25, 0.3) is 0 Å². The lowest BCUT2D eigenvalue weighted by Gasteiger charge is -2.16. The summed E-state index contributed by atoms with van der Waals surface area (Å²) in [6.07, 6.45) is 42.3. The molecule has 0 saturated carbocycles. The molecule has 0 heterocycles. The maximum Gasteiger partial charge on any atom is 0.306 e. The van der Waals surface area contributed by atoms with Crippen LogP contribution in [0.1, 0.15) is 187 Å². The molecule has 3 atom stereocenters. The molecule has 0 saturated heterocycles. The van der Waals surface area contributed by atoms with E-state index in [4.69, 9.17) is 9.47 Å². The molecule has 0 aliphatic heterocycles. The molecule has 0 aromatic carbocycles. The molecule has 51 heavy (non-hydrogen) atoms. The lowest BCUT2D eigenvalue weighted by molar-refractivity contribution is -0.161. The van der Waals surface area contributed by atoms with Crippen LogP contribution in [-0.2, 0) is 19.1 Å². The highest BCUT2D eigenvalue weighted by atomic mass is 16.6. The minimum absolute atomic E-state index is 0.0954. The second-order valence-electron chi connectivity index (χ2n) is 14.1. The molecule has 0 bridgehead atoms. The normalized spacial score (nSPS) is 13.9. The van der Waals surface area contributed by atoms with Gasteiger partial charge in [-0.15, -0.1) is 0 Å². The van der Waals surface area contributed by atoms with Gasteiger partial charge in [0.1, 0.15) is 6.61 Å². The van der Waals surface area contributed by atoms with Crippen LogP contribution in [0.2, 0.25) is 0 Å². The fraction of sp³-hybridized carbons (Fsp3) is 0.773. The largest absolute Gasteiger partial charge is 0.462 e. The molecule has 0 unspecified atom stereocenters. The lowest BCUT2D eigenvalue weighted by Crippen LogP contribution is -2.28. The number of hydrogen-bond acceptors (Lipinski definition) is 7. The fourth-order valence-electron chi connectivity index (χ4n) is 5.81. The predicted molar refractivity (Wildman–Crippen MR) is 213 cm³/mol. The average Bonchev–Trinajstić information content (AvgIpc) is 3.12. The zero-order valence-corrected chi connectivity index (χ0v) is 32.8. The Balaban J connectivity index is 3.78. The average molecular weight is 719 g/mol. The van der Waals surface area contributed by atoms with Crippen LogP contribution in [-0.4, -0.2) is 58.8 Å². The summed E-state index contributed by atoms with van der Waals surface area (Å²) in [6.45, 7) is 3.88. The van der Waals surface area contributed by atoms with Gasteiger partial charge in [0.2, 0.25) is 0 Å². The van der Waals surface area contributed by atoms with Crippen LogP contribution < -0.4 is 0 Å². The Morgan fingerprint density at radius 3 is 1.55 bits per heavy atom. The summed E-state index contributed by atoms with van der Waals surface area (Å²) in [5.74, 6) is -0.828. The highest BCUT2D eigenvalue weighted by Gasteiger charge is 2.16. The van der Waals surface area contributed by atoms with Gasteiger partial charge in [-0.05, 0) is 38.5 Å². The van der Waals surface area contributed by atoms with Crippen LogP contribution >= 0.6 is 0 Å². The molecule has 0 aromatic heterocycles. The molecule has 7 heteroatoms. The first-order chi connectivity index (χ1) is 24.9. The first kappa shape index (κ1) is 48.8. The van der Waals surface area contributed by atoms with Crippen molar-refractivity contribution in [3.05, 3.63) is 48.6 Å². The van der Waals surface area contributed by atoms with Gasteiger partial charge in [0.15, 0.2) is 6.10 Å². The van der Waals surface area contributed by atoms with Crippen LogP contribution in [0.5, 0.6) is 0 Å². The second kappa shape index (κ2) is 39.0. The first-order valence-corrected chi connectivity index (χ1v) is 20.9. The Hall–Kier alpha value is -2.22. The number of carbonyl (C=O) groups is 2. The van der Waals surface area contributed by atoms with Crippen molar-refractivity contribution in [1.82, 2.24) is 0 Å². The third-order valence-corrected chi connectivity index (χ3v) is 9.07. The Morgan fingerprint density at radius 2 is 1.02 bits per heavy atom. The maximum atomic E-state index is 12.2. The zero-order chi connectivity index (χ0) is 37.5. The van der Waals surface area contributed by atoms with Gasteiger partial charge in [-0.3, -0.25) is 9.59 Å². The number of unbranched alkanes of at least 4 members (excludes halogenated alkanes) is 20. The smallest absolute Gasteiger partial charge is 0.306 e. The van der Waals surface area contributed by atoms with Crippen molar-refractivity contribution in [2.45, 2.75) is 206 Å². The minimum atomic E-state index is -0.884. The van der Waals surface area contributed by atoms with Gasteiger partial charge in [0.05, 0.1) is 18.8 Å². The molecule has 0 spiro atoms. The van der Waals surface area contributed by atoms with Crippen molar-refractivity contribution < 1.29 is 34.4 Å². The zero-order valence-electron chi connectivity index (χ0n) is 32.8. The summed E-state index contributed by atoms with van der Waals surface area (Å²) in [7, 11) is 0. The highest BCUT2D eigenvalue weighted by molar-refractivity contribution is 5.70. The van der Waals surface area contributed by atoms with E-state index in [0.717, 1.165) is 25.7 Å². The van der Waals surface area contributed by atoms with E-state index in [1.54, 1.807) is 36.5 Å². The van der Waals surface area contributed by atoms with Gasteiger partial charge in [-0.1, -0.05) is 184 Å². The second-order valence-corrected chi connectivity index (χ2v) is 14.1. The molecule has 0 fully saturated rings. The summed E-state index contributed by atoms with van der Waals surface area (Å²) in [5.41, 5.74) is 0. The monoisotopic (exact) mass is 719 g/mol. The number of aliphatic hydroxyl groups excluding tert-OH is 3. The van der Waals surface area contributed by atoms with Crippen molar-refractivity contribution in [1.29, 1.82) is 0 Å². The van der Waals surface area contributed by atoms with Crippen molar-refractivity contribution in [2.75, 3.05) is 13.2 Å². The van der Waals surface area contributed by atoms with Gasteiger partial charge in [0.25, 0.3) is 0 Å². The van der Waals surface area contributed by atoms with E-state index < -0.39 is 30.9 Å². The van der Waals surface area contributed by atoms with Gasteiger partial charge in [0, 0.05) is 12.8 Å². The van der Waals surface area contributed by atoms with Crippen LogP contribution in [0.4, 0.5) is 0 Å². The van der Waals surface area contributed by atoms with E-state index in [9.17, 15) is 24.9 Å². The van der Waals surface area contributed by atoms with Gasteiger partial charge < -0.3 is 24.8 Å². The number of ether oxygens (including phenoxy) is 2. The van der Waals surface area contributed by atoms with E-state index in [-0.39, 0.29) is 19.0 Å². The van der Waals surface area contributed by atoms with Gasteiger partial charge in [-0.25, -0.2) is 0 Å². The number of rotatable bonds is 37. The number of esters is 2. The summed E-state index contributed by atoms with van der Waals surface area (Å²) in [5, 5.41) is 29.7. The van der Waals surface area contributed by atoms with Gasteiger partial charge >= 0.3 is 11.9 Å². The quantitative estimate of drug-likeness (QED) is 0.0254. The Morgan fingerprint density at radius 1 is 0.549 bits per heavy atom. The van der Waals surface area contributed by atoms with E-state index >= 15 is 0 Å². The van der Waals surface area contributed by atoms with Crippen molar-refractivity contribution in [2.24, 2.45) is 0 Å². The highest BCUT2D eigenvalue weighted by Crippen LogP contribution is 2.15. The molecule has 0 aliphatic carbocycles. The summed E-state index contributed by atoms with van der Waals surface area (Å²) in [6, 6.07) is 0. The number of allylic oxidation sites excluding steroid dienone is 5. The van der Waals surface area contributed by atoms with Crippen LogP contribution in [0.15, 0.2) is 48.6 Å². The molecule has 0 aliphatic rings. The lowest BCUT2D eigenvalue weighted by atomic mass is 10.0. The molecule has 0 radical (unpaired) electrons. The first-order valence-electron chi connectivity index (χ1n) is 20.9. The molecule has 7 nitrogen and oxygen atoms in total. The molecule has 3 N–H and O–H groups in total. The van der Waals surface area contributed by atoms with Crippen molar-refractivity contribution in [3.8, 4) is 0 Å². The van der Waals surface area contributed by atoms with Crippen molar-refractivity contribution in [3.63, 3.8) is 0 Å². The molecular formula is C44H78O7. The molecule has 0 rings (SSSR count). The Bertz CT molecular complexity index is 894. The van der Waals surface area contributed by atoms with Gasteiger partial charge in [-0.2, -0.15) is 0 Å². The molecule has 296 valence electrons. The molecule has 0 amide bonds. The van der Waals surface area contributed by atoms with Crippen LogP contribution in [0, 0.1) is 0 Å². The van der Waals surface area contributed by atoms with E-state index in [1.807, 2.05) is 6.08 Å². The SMILES string of the molecule is CCCCC/C=C\C[C@H](O)/C=C/C=C/C=C\[C@H](O)CCCC(=O)O[C@@H](CO)COC(=O)CCCCCCCCCCCCCCCCCCCC.